The van der Waals surface area contributed by atoms with Gasteiger partial charge in [0.1, 0.15) is 12.1 Å². The van der Waals surface area contributed by atoms with Gasteiger partial charge in [-0.3, -0.25) is 9.59 Å². The van der Waals surface area contributed by atoms with Crippen LogP contribution in [0.25, 0.3) is 11.1 Å². The predicted octanol–water partition coefficient (Wildman–Crippen LogP) is 0.0670. The first-order valence-corrected chi connectivity index (χ1v) is 6.56. The third-order valence-corrected chi connectivity index (χ3v) is 3.03. The quantitative estimate of drug-likeness (QED) is 0.652. The van der Waals surface area contributed by atoms with Gasteiger partial charge in [-0.1, -0.05) is 11.3 Å². The van der Waals surface area contributed by atoms with Crippen LogP contribution in [0.4, 0.5) is 11.5 Å². The lowest BCUT2D eigenvalue weighted by Gasteiger charge is -2.01. The Morgan fingerprint density at radius 3 is 2.91 bits per heavy atom. The number of carbonyl (C=O) groups is 2. The lowest BCUT2D eigenvalue weighted by atomic mass is 10.3. The number of nitrogens with two attached hydrogens (primary N) is 1. The first-order chi connectivity index (χ1) is 11.0. The Labute approximate surface area is 128 Å². The molecule has 23 heavy (non-hydrogen) atoms. The summed E-state index contributed by atoms with van der Waals surface area (Å²) in [7, 11) is 0. The van der Waals surface area contributed by atoms with E-state index in [-0.39, 0.29) is 35.1 Å². The fourth-order valence-electron chi connectivity index (χ4n) is 2.12. The van der Waals surface area contributed by atoms with E-state index in [9.17, 15) is 14.4 Å². The van der Waals surface area contributed by atoms with Gasteiger partial charge in [-0.25, -0.2) is 14.0 Å². The third kappa shape index (κ3) is 2.69. The Hall–Kier alpha value is -3.43. The van der Waals surface area contributed by atoms with Gasteiger partial charge in [-0.05, 0) is 12.1 Å². The summed E-state index contributed by atoms with van der Waals surface area (Å²) in [6, 6.07) is 4.73. The minimum Gasteiger partial charge on any atom is -0.405 e. The van der Waals surface area contributed by atoms with Crippen molar-refractivity contribution in [1.82, 2.24) is 19.6 Å². The summed E-state index contributed by atoms with van der Waals surface area (Å²) in [6.07, 6.45) is 1.38. The predicted molar refractivity (Wildman–Crippen MR) is 79.8 cm³/mol. The van der Waals surface area contributed by atoms with Crippen LogP contribution in [0, 0.1) is 0 Å². The minimum atomic E-state index is -0.829. The maximum Gasteiger partial charge on any atom is 0.427 e. The molecule has 0 saturated carbocycles. The van der Waals surface area contributed by atoms with Crippen LogP contribution < -0.4 is 16.8 Å². The number of hydrogen-bond acceptors (Lipinski definition) is 7. The number of aromatic nitrogens is 4. The standard InChI is InChI=1S/C13H12N6O4/c1-7(20)15-10-5-18(17-16-10)6-11(21)19-9-4-2-3-8(14)12(9)23-13(19)22/h2-5H,6,14H2,1H3,(H,15,20). The second kappa shape index (κ2) is 5.40. The summed E-state index contributed by atoms with van der Waals surface area (Å²) in [5.74, 6) is -1.50. The number of anilines is 2. The summed E-state index contributed by atoms with van der Waals surface area (Å²) in [6.45, 7) is 1.07. The molecule has 1 amide bonds. The molecule has 0 radical (unpaired) electrons. The largest absolute Gasteiger partial charge is 0.427 e. The van der Waals surface area contributed by atoms with Gasteiger partial charge in [0, 0.05) is 6.92 Å². The first-order valence-electron chi connectivity index (χ1n) is 6.56. The number of oxazole rings is 1. The van der Waals surface area contributed by atoms with Crippen LogP contribution in [-0.2, 0) is 11.3 Å². The molecule has 0 aliphatic rings. The average molecular weight is 316 g/mol. The van der Waals surface area contributed by atoms with Crippen LogP contribution in [0.1, 0.15) is 11.7 Å². The van der Waals surface area contributed by atoms with Crippen LogP contribution in [0.5, 0.6) is 0 Å². The van der Waals surface area contributed by atoms with E-state index in [0.717, 1.165) is 4.57 Å². The summed E-state index contributed by atoms with van der Waals surface area (Å²) in [4.78, 5) is 35.2. The molecule has 10 nitrogen and oxygen atoms in total. The normalized spacial score (nSPS) is 10.8. The molecule has 0 unspecified atom stereocenters. The Bertz CT molecular complexity index is 966. The van der Waals surface area contributed by atoms with Gasteiger partial charge in [-0.2, -0.15) is 0 Å². The highest BCUT2D eigenvalue weighted by molar-refractivity contribution is 5.93. The Morgan fingerprint density at radius 2 is 2.17 bits per heavy atom. The van der Waals surface area contributed by atoms with Crippen molar-refractivity contribution in [3.8, 4) is 0 Å². The van der Waals surface area contributed by atoms with E-state index in [2.05, 4.69) is 15.6 Å². The van der Waals surface area contributed by atoms with Gasteiger partial charge in [0.15, 0.2) is 11.4 Å². The number of hydrogen-bond donors (Lipinski definition) is 2. The van der Waals surface area contributed by atoms with E-state index < -0.39 is 11.7 Å². The molecular weight excluding hydrogens is 304 g/mol. The van der Waals surface area contributed by atoms with E-state index in [1.54, 1.807) is 18.2 Å². The van der Waals surface area contributed by atoms with E-state index in [1.807, 2.05) is 0 Å². The molecule has 0 aliphatic heterocycles. The minimum absolute atomic E-state index is 0.156. The average Bonchev–Trinajstić information content (AvgIpc) is 3.02. The molecular formula is C13H12N6O4. The van der Waals surface area contributed by atoms with Crippen LogP contribution >= 0.6 is 0 Å². The second-order valence-electron chi connectivity index (χ2n) is 4.78. The van der Waals surface area contributed by atoms with Crippen LogP contribution in [-0.4, -0.2) is 31.4 Å². The highest BCUT2D eigenvalue weighted by Crippen LogP contribution is 2.19. The molecule has 0 saturated heterocycles. The van der Waals surface area contributed by atoms with E-state index in [4.69, 9.17) is 10.2 Å². The highest BCUT2D eigenvalue weighted by atomic mass is 16.4. The van der Waals surface area contributed by atoms with Gasteiger partial charge in [0.2, 0.25) is 5.91 Å². The fourth-order valence-corrected chi connectivity index (χ4v) is 2.12. The van der Waals surface area contributed by atoms with Crippen LogP contribution in [0.15, 0.2) is 33.6 Å². The maximum atomic E-state index is 12.3. The zero-order valence-electron chi connectivity index (χ0n) is 12.0. The monoisotopic (exact) mass is 316 g/mol. The zero-order chi connectivity index (χ0) is 16.6. The molecule has 0 spiro atoms. The molecule has 0 atom stereocenters. The number of nitrogens with one attached hydrogen (secondary N) is 1. The summed E-state index contributed by atoms with van der Waals surface area (Å²) in [5, 5.41) is 9.83. The molecule has 118 valence electrons. The van der Waals surface area contributed by atoms with Gasteiger partial charge in [0.05, 0.1) is 11.9 Å². The third-order valence-electron chi connectivity index (χ3n) is 3.03. The summed E-state index contributed by atoms with van der Waals surface area (Å²) < 4.78 is 7.09. The van der Waals surface area contributed by atoms with E-state index in [0.29, 0.717) is 0 Å². The van der Waals surface area contributed by atoms with Crippen molar-refractivity contribution in [2.75, 3.05) is 11.1 Å². The molecule has 1 aromatic carbocycles. The van der Waals surface area contributed by atoms with Crippen molar-refractivity contribution in [3.05, 3.63) is 34.9 Å². The first kappa shape index (κ1) is 14.5. The summed E-state index contributed by atoms with van der Waals surface area (Å²) in [5.41, 5.74) is 6.42. The van der Waals surface area contributed by atoms with Crippen molar-refractivity contribution in [2.45, 2.75) is 13.5 Å². The van der Waals surface area contributed by atoms with Crippen molar-refractivity contribution in [2.24, 2.45) is 0 Å². The van der Waals surface area contributed by atoms with Crippen molar-refractivity contribution < 1.29 is 14.0 Å². The number of carbonyl (C=O) groups excluding carboxylic acids is 2. The number of nitrogens with zero attached hydrogens (tertiary/aromatic N) is 4. The van der Waals surface area contributed by atoms with E-state index in [1.165, 1.54) is 17.8 Å². The van der Waals surface area contributed by atoms with Crippen molar-refractivity contribution in [1.29, 1.82) is 0 Å². The van der Waals surface area contributed by atoms with Gasteiger partial charge in [0.25, 0.3) is 5.91 Å². The number of benzene rings is 1. The second-order valence-corrected chi connectivity index (χ2v) is 4.78. The molecule has 2 aromatic heterocycles. The molecule has 10 heteroatoms. The lowest BCUT2D eigenvalue weighted by Crippen LogP contribution is -2.26. The van der Waals surface area contributed by atoms with E-state index >= 15 is 0 Å². The SMILES string of the molecule is CC(=O)Nc1cn(CC(=O)n2c(=O)oc3c(N)cccc32)nn1. The lowest BCUT2D eigenvalue weighted by molar-refractivity contribution is -0.114. The molecule has 3 N–H and O–H groups in total. The Morgan fingerprint density at radius 1 is 1.39 bits per heavy atom. The Balaban J connectivity index is 1.91. The maximum absolute atomic E-state index is 12.3. The van der Waals surface area contributed by atoms with Gasteiger partial charge in [-0.15, -0.1) is 5.10 Å². The molecule has 3 rings (SSSR count). The summed E-state index contributed by atoms with van der Waals surface area (Å²) >= 11 is 0. The number of amides is 1. The molecule has 2 heterocycles. The zero-order valence-corrected chi connectivity index (χ0v) is 12.0. The van der Waals surface area contributed by atoms with Crippen molar-refractivity contribution >= 4 is 34.4 Å². The number of nitrogen functional groups attached to an aromatic ring is 1. The topological polar surface area (TPSA) is 138 Å². The van der Waals surface area contributed by atoms with Gasteiger partial charge >= 0.3 is 5.76 Å². The van der Waals surface area contributed by atoms with Crippen LogP contribution in [0.3, 0.4) is 0 Å². The molecule has 0 bridgehead atoms. The Kier molecular flexibility index (Phi) is 3.41. The number of para-hydroxylation sites is 1. The molecule has 0 fully saturated rings. The molecule has 3 aromatic rings. The van der Waals surface area contributed by atoms with Gasteiger partial charge < -0.3 is 15.5 Å². The number of rotatable bonds is 3. The fraction of sp³-hybridized carbons (Fsp3) is 0.154. The smallest absolute Gasteiger partial charge is 0.405 e. The number of fused-ring (bicyclic) bond motifs is 1. The molecule has 0 aliphatic carbocycles. The highest BCUT2D eigenvalue weighted by Gasteiger charge is 2.18. The van der Waals surface area contributed by atoms with Crippen LogP contribution in [0.2, 0.25) is 0 Å². The van der Waals surface area contributed by atoms with Crippen molar-refractivity contribution in [3.63, 3.8) is 0 Å².